The zero-order valence-corrected chi connectivity index (χ0v) is 13.8. The Morgan fingerprint density at radius 1 is 1.36 bits per heavy atom. The van der Waals surface area contributed by atoms with Gasteiger partial charge >= 0.3 is 5.97 Å². The van der Waals surface area contributed by atoms with Gasteiger partial charge < -0.3 is 19.6 Å². The van der Waals surface area contributed by atoms with Gasteiger partial charge in [0.25, 0.3) is 5.88 Å². The smallest absolute Gasteiger partial charge is 0.313 e. The van der Waals surface area contributed by atoms with Crippen molar-refractivity contribution in [3.8, 4) is 5.88 Å². The Balaban J connectivity index is 1.57. The zero-order chi connectivity index (χ0) is 17.8. The number of hydrogen-bond donors (Lipinski definition) is 1. The lowest BCUT2D eigenvalue weighted by atomic mass is 9.81. The zero-order valence-electron chi connectivity index (χ0n) is 13.8. The van der Waals surface area contributed by atoms with Crippen molar-refractivity contribution in [2.45, 2.75) is 12.8 Å². The van der Waals surface area contributed by atoms with Gasteiger partial charge in [-0.15, -0.1) is 0 Å². The third kappa shape index (κ3) is 2.49. The van der Waals surface area contributed by atoms with Crippen molar-refractivity contribution >= 4 is 17.8 Å². The third-order valence-electron chi connectivity index (χ3n) is 5.45. The van der Waals surface area contributed by atoms with E-state index in [0.29, 0.717) is 13.1 Å². The van der Waals surface area contributed by atoms with Gasteiger partial charge in [0.2, 0.25) is 17.7 Å². The van der Waals surface area contributed by atoms with E-state index in [2.05, 4.69) is 9.97 Å². The highest BCUT2D eigenvalue weighted by atomic mass is 19.1. The molecule has 8 nitrogen and oxygen atoms in total. The third-order valence-corrected chi connectivity index (χ3v) is 5.45. The summed E-state index contributed by atoms with van der Waals surface area (Å²) in [5.41, 5.74) is -1.03. The lowest BCUT2D eigenvalue weighted by Crippen LogP contribution is -2.42. The summed E-state index contributed by atoms with van der Waals surface area (Å²) in [6.45, 7) is 1.24. The maximum absolute atomic E-state index is 13.5. The summed E-state index contributed by atoms with van der Waals surface area (Å²) < 4.78 is 18.4. The molecule has 2 atom stereocenters. The van der Waals surface area contributed by atoms with E-state index in [1.165, 1.54) is 7.11 Å². The summed E-state index contributed by atoms with van der Waals surface area (Å²) in [6.07, 6.45) is 2.82. The molecule has 1 saturated carbocycles. The molecule has 0 unspecified atom stereocenters. The summed E-state index contributed by atoms with van der Waals surface area (Å²) >= 11 is 0. The maximum Gasteiger partial charge on any atom is 0.313 e. The molecule has 25 heavy (non-hydrogen) atoms. The number of hydrogen-bond acceptors (Lipinski definition) is 6. The number of aromatic nitrogens is 2. The molecule has 3 heterocycles. The predicted octanol–water partition coefficient (Wildman–Crippen LogP) is 0.384. The number of amides is 1. The number of aliphatic carboxylic acids is 1. The minimum Gasteiger partial charge on any atom is -0.481 e. The van der Waals surface area contributed by atoms with E-state index in [9.17, 15) is 19.1 Å². The molecule has 1 aliphatic carbocycles. The van der Waals surface area contributed by atoms with E-state index in [1.807, 2.05) is 0 Å². The number of carboxylic acid groups (broad SMARTS) is 1. The van der Waals surface area contributed by atoms with Crippen molar-refractivity contribution < 1.29 is 23.8 Å². The van der Waals surface area contributed by atoms with Crippen molar-refractivity contribution in [3.63, 3.8) is 0 Å². The van der Waals surface area contributed by atoms with Crippen LogP contribution in [0.4, 0.5) is 10.3 Å². The minimum atomic E-state index is -1.03. The molecule has 3 aliphatic rings. The van der Waals surface area contributed by atoms with Crippen LogP contribution in [0.2, 0.25) is 0 Å². The molecule has 2 saturated heterocycles. The highest BCUT2D eigenvalue weighted by molar-refractivity contribution is 5.84. The van der Waals surface area contributed by atoms with Crippen LogP contribution in [0.15, 0.2) is 6.20 Å². The number of anilines is 1. The molecule has 1 aromatic rings. The summed E-state index contributed by atoms with van der Waals surface area (Å²) in [5.74, 6) is -1.57. The Kier molecular flexibility index (Phi) is 3.55. The fourth-order valence-corrected chi connectivity index (χ4v) is 3.91. The number of carbonyl (C=O) groups is 2. The van der Waals surface area contributed by atoms with Gasteiger partial charge in [0.1, 0.15) is 5.41 Å². The van der Waals surface area contributed by atoms with Crippen molar-refractivity contribution in [1.82, 2.24) is 14.9 Å². The monoisotopic (exact) mass is 350 g/mol. The molecule has 1 N–H and O–H groups in total. The molecule has 9 heteroatoms. The fraction of sp³-hybridized carbons (Fsp3) is 0.625. The molecular formula is C16H19FN4O4. The Labute approximate surface area is 143 Å². The van der Waals surface area contributed by atoms with Gasteiger partial charge in [-0.2, -0.15) is 9.37 Å². The van der Waals surface area contributed by atoms with Crippen LogP contribution < -0.4 is 9.64 Å². The number of likely N-dealkylation sites (tertiary alicyclic amines) is 1. The van der Waals surface area contributed by atoms with E-state index >= 15 is 0 Å². The standard InChI is InChI=1S/C16H19FN4O4/c1-25-12-11(17)4-18-15(19-12)21-6-10-5-20(13(22)9-2-3-9)7-16(10,8-21)14(23)24/h4,9-10H,2-3,5-8H2,1H3,(H,23,24)/t10-,16-/m0/s1. The van der Waals surface area contributed by atoms with E-state index in [4.69, 9.17) is 4.74 Å². The van der Waals surface area contributed by atoms with Crippen molar-refractivity contribution in [1.29, 1.82) is 0 Å². The molecule has 1 aromatic heterocycles. The average molecular weight is 350 g/mol. The summed E-state index contributed by atoms with van der Waals surface area (Å²) in [6, 6.07) is 0. The van der Waals surface area contributed by atoms with E-state index in [-0.39, 0.29) is 42.7 Å². The van der Waals surface area contributed by atoms with Crippen LogP contribution in [0.25, 0.3) is 0 Å². The Morgan fingerprint density at radius 3 is 2.72 bits per heavy atom. The first kappa shape index (κ1) is 16.0. The number of halogens is 1. The number of fused-ring (bicyclic) bond motifs is 1. The highest BCUT2D eigenvalue weighted by Crippen LogP contribution is 2.45. The van der Waals surface area contributed by atoms with Gasteiger partial charge in [0.05, 0.1) is 13.3 Å². The van der Waals surface area contributed by atoms with E-state index in [0.717, 1.165) is 19.0 Å². The van der Waals surface area contributed by atoms with Gasteiger partial charge in [-0.05, 0) is 12.8 Å². The minimum absolute atomic E-state index is 0.0706. The molecule has 0 aromatic carbocycles. The van der Waals surface area contributed by atoms with Gasteiger partial charge in [-0.3, -0.25) is 9.59 Å². The average Bonchev–Trinajstić information content (AvgIpc) is 3.27. The first-order valence-electron chi connectivity index (χ1n) is 8.28. The molecular weight excluding hydrogens is 331 g/mol. The lowest BCUT2D eigenvalue weighted by Gasteiger charge is -2.25. The van der Waals surface area contributed by atoms with Crippen LogP contribution in [-0.2, 0) is 9.59 Å². The summed E-state index contributed by atoms with van der Waals surface area (Å²) in [5, 5.41) is 9.85. The maximum atomic E-state index is 13.5. The Bertz CT molecular complexity index is 741. The second kappa shape index (κ2) is 5.53. The second-order valence-electron chi connectivity index (χ2n) is 7.06. The quantitative estimate of drug-likeness (QED) is 0.839. The normalized spacial score (nSPS) is 28.2. The summed E-state index contributed by atoms with van der Waals surface area (Å²) in [4.78, 5) is 35.8. The lowest BCUT2D eigenvalue weighted by molar-refractivity contribution is -0.148. The Hall–Kier alpha value is -2.45. The number of ether oxygens (including phenoxy) is 1. The predicted molar refractivity (Wildman–Crippen MR) is 83.6 cm³/mol. The van der Waals surface area contributed by atoms with Crippen molar-refractivity contribution in [3.05, 3.63) is 12.0 Å². The largest absolute Gasteiger partial charge is 0.481 e. The number of carbonyl (C=O) groups excluding carboxylic acids is 1. The van der Waals surface area contributed by atoms with Crippen LogP contribution in [0, 0.1) is 23.1 Å². The van der Waals surface area contributed by atoms with Gasteiger partial charge in [0.15, 0.2) is 0 Å². The number of rotatable bonds is 4. The topological polar surface area (TPSA) is 95.9 Å². The van der Waals surface area contributed by atoms with Gasteiger partial charge in [0, 0.05) is 38.0 Å². The van der Waals surface area contributed by atoms with Gasteiger partial charge in [-0.1, -0.05) is 0 Å². The fourth-order valence-electron chi connectivity index (χ4n) is 3.91. The summed E-state index contributed by atoms with van der Waals surface area (Å²) in [7, 11) is 1.31. The number of methoxy groups -OCH3 is 1. The van der Waals surface area contributed by atoms with Crippen LogP contribution in [0.1, 0.15) is 12.8 Å². The molecule has 3 fully saturated rings. The molecule has 0 radical (unpaired) electrons. The van der Waals surface area contributed by atoms with E-state index < -0.39 is 17.2 Å². The van der Waals surface area contributed by atoms with Crippen LogP contribution in [0.5, 0.6) is 5.88 Å². The van der Waals surface area contributed by atoms with Crippen molar-refractivity contribution in [2.24, 2.45) is 17.3 Å². The first-order valence-corrected chi connectivity index (χ1v) is 8.28. The van der Waals surface area contributed by atoms with Crippen LogP contribution >= 0.6 is 0 Å². The SMILES string of the molecule is COc1nc(N2C[C@@H]3CN(C(=O)C4CC4)C[C@]3(C(=O)O)C2)ncc1F. The molecule has 2 aliphatic heterocycles. The van der Waals surface area contributed by atoms with E-state index in [1.54, 1.807) is 9.80 Å². The first-order chi connectivity index (χ1) is 11.9. The molecule has 0 bridgehead atoms. The Morgan fingerprint density at radius 2 is 2.12 bits per heavy atom. The number of carboxylic acids is 1. The van der Waals surface area contributed by atoms with Crippen LogP contribution in [0.3, 0.4) is 0 Å². The molecule has 4 rings (SSSR count). The molecule has 1 amide bonds. The number of nitrogens with zero attached hydrogens (tertiary/aromatic N) is 4. The molecule has 0 spiro atoms. The molecule has 134 valence electrons. The van der Waals surface area contributed by atoms with Gasteiger partial charge in [-0.25, -0.2) is 4.98 Å². The van der Waals surface area contributed by atoms with Crippen molar-refractivity contribution in [2.75, 3.05) is 38.2 Å². The second-order valence-corrected chi connectivity index (χ2v) is 7.06. The highest BCUT2D eigenvalue weighted by Gasteiger charge is 2.59. The van der Waals surface area contributed by atoms with Crippen LogP contribution in [-0.4, -0.2) is 65.1 Å².